The van der Waals surface area contributed by atoms with E-state index in [0.717, 1.165) is 44.8 Å². The summed E-state index contributed by atoms with van der Waals surface area (Å²) >= 11 is 1.74. The van der Waals surface area contributed by atoms with Gasteiger partial charge in [-0.2, -0.15) is 0 Å². The fourth-order valence-corrected chi connectivity index (χ4v) is 2.82. The molecular weight excluding hydrogens is 232 g/mol. The van der Waals surface area contributed by atoms with Gasteiger partial charge in [0.1, 0.15) is 0 Å². The molecule has 1 amide bonds. The Balaban J connectivity index is 2.26. The molecule has 3 nitrogen and oxygen atoms in total. The molecule has 0 unspecified atom stereocenters. The van der Waals surface area contributed by atoms with Crippen LogP contribution in [0.1, 0.15) is 40.0 Å². The minimum Gasteiger partial charge on any atom is -0.342 e. The Hall–Kier alpha value is -0.220. The molecule has 0 aromatic carbocycles. The number of piperidine rings is 1. The van der Waals surface area contributed by atoms with Crippen LogP contribution in [-0.2, 0) is 4.79 Å². The Morgan fingerprint density at radius 3 is 2.41 bits per heavy atom. The van der Waals surface area contributed by atoms with Gasteiger partial charge < -0.3 is 10.6 Å². The van der Waals surface area contributed by atoms with E-state index >= 15 is 0 Å². The molecule has 0 atom stereocenters. The molecule has 0 spiro atoms. The number of carbonyl (C=O) groups is 1. The van der Waals surface area contributed by atoms with Crippen molar-refractivity contribution in [1.29, 1.82) is 0 Å². The van der Waals surface area contributed by atoms with Crippen molar-refractivity contribution in [3.8, 4) is 0 Å². The second-order valence-electron chi connectivity index (χ2n) is 5.80. The third-order valence-electron chi connectivity index (χ3n) is 3.17. The maximum atomic E-state index is 12.0. The van der Waals surface area contributed by atoms with E-state index in [0.29, 0.717) is 11.7 Å². The van der Waals surface area contributed by atoms with Crippen molar-refractivity contribution < 1.29 is 4.79 Å². The Labute approximate surface area is 109 Å². The van der Waals surface area contributed by atoms with Gasteiger partial charge in [-0.25, -0.2) is 0 Å². The molecule has 0 aliphatic carbocycles. The maximum absolute atomic E-state index is 12.0. The van der Waals surface area contributed by atoms with Crippen LogP contribution in [-0.4, -0.2) is 40.9 Å². The van der Waals surface area contributed by atoms with Crippen LogP contribution in [0.3, 0.4) is 0 Å². The summed E-state index contributed by atoms with van der Waals surface area (Å²) in [6, 6.07) is 0. The molecule has 1 fully saturated rings. The van der Waals surface area contributed by atoms with Crippen molar-refractivity contribution in [3.63, 3.8) is 0 Å². The van der Waals surface area contributed by atoms with Gasteiger partial charge in [-0.3, -0.25) is 4.79 Å². The van der Waals surface area contributed by atoms with Gasteiger partial charge in [0.2, 0.25) is 5.91 Å². The van der Waals surface area contributed by atoms with E-state index < -0.39 is 0 Å². The van der Waals surface area contributed by atoms with Crippen LogP contribution in [0.4, 0.5) is 0 Å². The summed E-state index contributed by atoms with van der Waals surface area (Å²) in [5, 5.41) is 0. The molecule has 100 valence electrons. The van der Waals surface area contributed by atoms with Crippen LogP contribution >= 0.6 is 11.8 Å². The molecule has 1 aliphatic heterocycles. The molecule has 0 radical (unpaired) electrons. The van der Waals surface area contributed by atoms with Crippen molar-refractivity contribution in [2.45, 2.75) is 44.8 Å². The zero-order valence-electron chi connectivity index (χ0n) is 11.4. The van der Waals surface area contributed by atoms with Crippen molar-refractivity contribution in [1.82, 2.24) is 4.90 Å². The molecule has 0 aromatic heterocycles. The average Bonchev–Trinajstić information content (AvgIpc) is 2.26. The number of likely N-dealkylation sites (tertiary alicyclic amines) is 1. The average molecular weight is 258 g/mol. The molecule has 1 aliphatic rings. The van der Waals surface area contributed by atoms with Crippen LogP contribution in [0, 0.1) is 5.92 Å². The van der Waals surface area contributed by atoms with Crippen molar-refractivity contribution in [2.75, 3.05) is 25.4 Å². The van der Waals surface area contributed by atoms with Crippen molar-refractivity contribution in [2.24, 2.45) is 11.7 Å². The first-order valence-corrected chi connectivity index (χ1v) is 7.53. The van der Waals surface area contributed by atoms with Gasteiger partial charge in [0.15, 0.2) is 0 Å². The minimum absolute atomic E-state index is 0.174. The number of carbonyl (C=O) groups excluding carboxylic acids is 1. The van der Waals surface area contributed by atoms with Crippen molar-refractivity contribution in [3.05, 3.63) is 0 Å². The van der Waals surface area contributed by atoms with Gasteiger partial charge in [0.05, 0.1) is 5.75 Å². The smallest absolute Gasteiger partial charge is 0.232 e. The summed E-state index contributed by atoms with van der Waals surface area (Å²) < 4.78 is 0.174. The van der Waals surface area contributed by atoms with Crippen molar-refractivity contribution >= 4 is 17.7 Å². The van der Waals surface area contributed by atoms with Gasteiger partial charge in [-0.1, -0.05) is 20.8 Å². The largest absolute Gasteiger partial charge is 0.342 e. The van der Waals surface area contributed by atoms with Crippen LogP contribution in [0.5, 0.6) is 0 Å². The van der Waals surface area contributed by atoms with Crippen LogP contribution in [0.25, 0.3) is 0 Å². The lowest BCUT2D eigenvalue weighted by molar-refractivity contribution is -0.129. The third kappa shape index (κ3) is 5.77. The predicted octanol–water partition coefficient (Wildman–Crippen LogP) is 2.11. The first kappa shape index (κ1) is 14.8. The lowest BCUT2D eigenvalue weighted by Crippen LogP contribution is -2.40. The highest BCUT2D eigenvalue weighted by Gasteiger charge is 2.23. The van der Waals surface area contributed by atoms with Gasteiger partial charge in [0.25, 0.3) is 0 Å². The summed E-state index contributed by atoms with van der Waals surface area (Å²) in [6.45, 7) is 9.08. The summed E-state index contributed by atoms with van der Waals surface area (Å²) in [4.78, 5) is 14.0. The lowest BCUT2D eigenvalue weighted by Gasteiger charge is -2.32. The fraction of sp³-hybridized carbons (Fsp3) is 0.923. The van der Waals surface area contributed by atoms with E-state index in [1.807, 2.05) is 4.90 Å². The molecule has 1 rings (SSSR count). The Bertz CT molecular complexity index is 242. The third-order valence-corrected chi connectivity index (χ3v) is 4.43. The topological polar surface area (TPSA) is 46.3 Å². The van der Waals surface area contributed by atoms with Crippen LogP contribution in [0.2, 0.25) is 0 Å². The second kappa shape index (κ2) is 6.64. The van der Waals surface area contributed by atoms with Gasteiger partial charge in [-0.05, 0) is 31.7 Å². The molecule has 17 heavy (non-hydrogen) atoms. The SMILES string of the molecule is CC(C)(C)SCC(=O)N1CCC(CCN)CC1. The lowest BCUT2D eigenvalue weighted by atomic mass is 9.94. The summed E-state index contributed by atoms with van der Waals surface area (Å²) in [6.07, 6.45) is 3.37. The standard InChI is InChI=1S/C13H26N2OS/c1-13(2,3)17-10-12(16)15-8-5-11(4-7-14)6-9-15/h11H,4-10,14H2,1-3H3. The zero-order chi connectivity index (χ0) is 12.9. The highest BCUT2D eigenvalue weighted by Crippen LogP contribution is 2.25. The van der Waals surface area contributed by atoms with E-state index in [1.54, 1.807) is 11.8 Å². The Morgan fingerprint density at radius 1 is 1.35 bits per heavy atom. The Kier molecular flexibility index (Phi) is 5.80. The number of nitrogens with two attached hydrogens (primary N) is 1. The van der Waals surface area contributed by atoms with Gasteiger partial charge >= 0.3 is 0 Å². The second-order valence-corrected chi connectivity index (χ2v) is 7.60. The summed E-state index contributed by atoms with van der Waals surface area (Å²) in [7, 11) is 0. The molecule has 0 aromatic rings. The number of nitrogens with zero attached hydrogens (tertiary/aromatic N) is 1. The van der Waals surface area contributed by atoms with E-state index in [4.69, 9.17) is 5.73 Å². The number of thioether (sulfide) groups is 1. The number of rotatable bonds is 4. The van der Waals surface area contributed by atoms with Crippen LogP contribution < -0.4 is 5.73 Å². The van der Waals surface area contributed by atoms with Gasteiger partial charge in [-0.15, -0.1) is 11.8 Å². The quantitative estimate of drug-likeness (QED) is 0.840. The monoisotopic (exact) mass is 258 g/mol. The number of amides is 1. The minimum atomic E-state index is 0.174. The molecule has 2 N–H and O–H groups in total. The first-order valence-electron chi connectivity index (χ1n) is 6.54. The first-order chi connectivity index (χ1) is 7.92. The molecule has 0 bridgehead atoms. The Morgan fingerprint density at radius 2 is 1.94 bits per heavy atom. The summed E-state index contributed by atoms with van der Waals surface area (Å²) in [5.74, 6) is 1.65. The number of hydrogen-bond acceptors (Lipinski definition) is 3. The van der Waals surface area contributed by atoms with E-state index in [2.05, 4.69) is 20.8 Å². The highest BCUT2D eigenvalue weighted by molar-refractivity contribution is 8.01. The predicted molar refractivity (Wildman–Crippen MR) is 75.2 cm³/mol. The van der Waals surface area contributed by atoms with Gasteiger partial charge in [0, 0.05) is 17.8 Å². The number of hydrogen-bond donors (Lipinski definition) is 1. The maximum Gasteiger partial charge on any atom is 0.232 e. The molecule has 1 heterocycles. The van der Waals surface area contributed by atoms with Crippen LogP contribution in [0.15, 0.2) is 0 Å². The normalized spacial score (nSPS) is 18.5. The summed E-state index contributed by atoms with van der Waals surface area (Å²) in [5.41, 5.74) is 5.57. The fourth-order valence-electron chi connectivity index (χ4n) is 2.08. The van der Waals surface area contributed by atoms with E-state index in [9.17, 15) is 4.79 Å². The molecule has 4 heteroatoms. The molecule has 1 saturated heterocycles. The zero-order valence-corrected chi connectivity index (χ0v) is 12.2. The molecular formula is C13H26N2OS. The van der Waals surface area contributed by atoms with E-state index in [1.165, 1.54) is 0 Å². The molecule has 0 saturated carbocycles. The van der Waals surface area contributed by atoms with E-state index in [-0.39, 0.29) is 4.75 Å². The highest BCUT2D eigenvalue weighted by atomic mass is 32.2.